The van der Waals surface area contributed by atoms with E-state index in [2.05, 4.69) is 13.1 Å². The van der Waals surface area contributed by atoms with Crippen LogP contribution in [0, 0.1) is 0 Å². The molecule has 0 bridgehead atoms. The molecule has 0 unspecified atom stereocenters. The third-order valence-corrected chi connectivity index (χ3v) is 4.47. The van der Waals surface area contributed by atoms with E-state index in [1.807, 2.05) is 0 Å². The highest BCUT2D eigenvalue weighted by molar-refractivity contribution is 8.14. The van der Waals surface area contributed by atoms with Gasteiger partial charge in [-0.15, -0.1) is 0 Å². The summed E-state index contributed by atoms with van der Waals surface area (Å²) in [4.78, 5) is 22.2. The lowest BCUT2D eigenvalue weighted by atomic mass is 10.1. The fourth-order valence-electron chi connectivity index (χ4n) is 0.717. The molecule has 0 spiro atoms. The van der Waals surface area contributed by atoms with Crippen LogP contribution < -0.4 is 0 Å². The summed E-state index contributed by atoms with van der Waals surface area (Å²) in [5, 5.41) is 1.13. The first kappa shape index (κ1) is 12.6. The van der Waals surface area contributed by atoms with Gasteiger partial charge >= 0.3 is 0 Å². The normalized spacial score (nSPS) is 10.6. The minimum atomic E-state index is -0.0412. The Balaban J connectivity index is 3.58. The third-order valence-electron chi connectivity index (χ3n) is 1.50. The van der Waals surface area contributed by atoms with E-state index in [-0.39, 0.29) is 20.4 Å². The van der Waals surface area contributed by atoms with Crippen LogP contribution in [0.15, 0.2) is 12.2 Å². The number of carbonyl (C=O) groups is 2. The molecule has 0 saturated heterocycles. The number of hydrogen-bond donors (Lipinski definition) is 0. The first-order valence-corrected chi connectivity index (χ1v) is 7.82. The summed E-state index contributed by atoms with van der Waals surface area (Å²) in [6.07, 6.45) is 0.692. The maximum atomic E-state index is 11.1. The smallest absolute Gasteiger partial charge is 0.189 e. The van der Waals surface area contributed by atoms with Crippen molar-refractivity contribution in [1.29, 1.82) is 0 Å². The highest BCUT2D eigenvalue weighted by Crippen LogP contribution is 2.08. The topological polar surface area (TPSA) is 34.1 Å². The Labute approximate surface area is 86.0 Å². The van der Waals surface area contributed by atoms with Crippen molar-refractivity contribution in [2.45, 2.75) is 26.3 Å². The highest BCUT2D eigenvalue weighted by Gasteiger charge is 2.07. The summed E-state index contributed by atoms with van der Waals surface area (Å²) >= 11 is 1.37. The van der Waals surface area contributed by atoms with Crippen LogP contribution in [0.25, 0.3) is 0 Å². The minimum Gasteiger partial charge on any atom is -0.295 e. The number of thioether (sulfide) groups is 1. The Hall–Kier alpha value is -0.353. The summed E-state index contributed by atoms with van der Waals surface area (Å²) in [6, 6.07) is 0. The molecule has 0 radical (unpaired) electrons. The Bertz CT molecular complexity index is 214. The van der Waals surface area contributed by atoms with Crippen molar-refractivity contribution < 1.29 is 9.59 Å². The van der Waals surface area contributed by atoms with Crippen molar-refractivity contribution >= 4 is 32.2 Å². The molecule has 0 aliphatic rings. The van der Waals surface area contributed by atoms with Crippen molar-refractivity contribution in [2.75, 3.05) is 5.38 Å². The molecule has 2 nitrogen and oxygen atoms in total. The van der Waals surface area contributed by atoms with Crippen LogP contribution in [0.5, 0.6) is 0 Å². The van der Waals surface area contributed by atoms with Gasteiger partial charge < -0.3 is 0 Å². The lowest BCUT2D eigenvalue weighted by Crippen LogP contribution is -2.03. The van der Waals surface area contributed by atoms with E-state index in [0.29, 0.717) is 18.4 Å². The van der Waals surface area contributed by atoms with E-state index >= 15 is 0 Å². The van der Waals surface area contributed by atoms with Gasteiger partial charge in [-0.3, -0.25) is 9.59 Å². The van der Waals surface area contributed by atoms with Crippen molar-refractivity contribution in [2.24, 2.45) is 0 Å². The molecule has 0 aromatic carbocycles. The number of allylic oxidation sites excluding steroid dienone is 1. The molecule has 0 fully saturated rings. The van der Waals surface area contributed by atoms with Gasteiger partial charge in [0.15, 0.2) is 10.9 Å². The Morgan fingerprint density at radius 2 is 2.00 bits per heavy atom. The zero-order chi connectivity index (χ0) is 10.3. The first-order chi connectivity index (χ1) is 6.07. The van der Waals surface area contributed by atoms with Crippen LogP contribution in [0.2, 0.25) is 6.55 Å². The standard InChI is InChI=1S/C9H16O2SSi/c1-7(2)8(10)4-5-9(11)12-6-13-3/h1,4-6,13H2,2-3H3. The molecule has 0 N–H and O–H groups in total. The molecule has 0 aromatic heterocycles. The molecule has 0 atom stereocenters. The molecule has 0 aliphatic carbocycles. The third kappa shape index (κ3) is 6.78. The summed E-state index contributed by atoms with van der Waals surface area (Å²) in [7, 11) is -0.0412. The van der Waals surface area contributed by atoms with Gasteiger partial charge in [0.25, 0.3) is 0 Å². The molecule has 0 heterocycles. The average molecular weight is 216 g/mol. The number of carbonyl (C=O) groups excluding carboxylic acids is 2. The van der Waals surface area contributed by atoms with Crippen molar-refractivity contribution in [1.82, 2.24) is 0 Å². The summed E-state index contributed by atoms with van der Waals surface area (Å²) in [5.41, 5.74) is 0.544. The molecule has 4 heteroatoms. The zero-order valence-electron chi connectivity index (χ0n) is 8.26. The van der Waals surface area contributed by atoms with Gasteiger partial charge in [0.1, 0.15) is 0 Å². The molecule has 0 rings (SSSR count). The number of Topliss-reactive ketones (excluding diaryl/α,β-unsaturated/α-hetero) is 1. The molecule has 0 aliphatic heterocycles. The Morgan fingerprint density at radius 1 is 1.38 bits per heavy atom. The van der Waals surface area contributed by atoms with Crippen LogP contribution in [-0.2, 0) is 9.59 Å². The van der Waals surface area contributed by atoms with Crippen molar-refractivity contribution in [3.63, 3.8) is 0 Å². The van der Waals surface area contributed by atoms with Crippen LogP contribution in [0.4, 0.5) is 0 Å². The van der Waals surface area contributed by atoms with Crippen molar-refractivity contribution in [3.8, 4) is 0 Å². The van der Waals surface area contributed by atoms with E-state index in [9.17, 15) is 9.59 Å². The molecule has 0 saturated carbocycles. The van der Waals surface area contributed by atoms with Crippen molar-refractivity contribution in [3.05, 3.63) is 12.2 Å². The van der Waals surface area contributed by atoms with Gasteiger partial charge in [0, 0.05) is 22.4 Å². The molecule has 0 aromatic rings. The fraction of sp³-hybridized carbons (Fsp3) is 0.556. The minimum absolute atomic E-state index is 0.00249. The van der Waals surface area contributed by atoms with E-state index in [4.69, 9.17) is 0 Å². The molecule has 13 heavy (non-hydrogen) atoms. The second-order valence-electron chi connectivity index (χ2n) is 2.92. The maximum absolute atomic E-state index is 11.1. The van der Waals surface area contributed by atoms with Crippen LogP contribution in [-0.4, -0.2) is 25.8 Å². The predicted molar refractivity (Wildman–Crippen MR) is 60.9 cm³/mol. The van der Waals surface area contributed by atoms with E-state index in [0.717, 1.165) is 5.38 Å². The van der Waals surface area contributed by atoms with Crippen LogP contribution in [0.1, 0.15) is 19.8 Å². The van der Waals surface area contributed by atoms with Gasteiger partial charge in [-0.25, -0.2) is 0 Å². The largest absolute Gasteiger partial charge is 0.295 e. The summed E-state index contributed by atoms with van der Waals surface area (Å²) in [5.74, 6) is 0.00249. The van der Waals surface area contributed by atoms with Gasteiger partial charge in [-0.2, -0.15) is 0 Å². The first-order valence-electron chi connectivity index (χ1n) is 4.42. The molecular weight excluding hydrogens is 200 g/mol. The van der Waals surface area contributed by atoms with Crippen LogP contribution in [0.3, 0.4) is 0 Å². The SMILES string of the molecule is C=C(C)C(=O)CCC(=O)SC[SiH2]C. The Morgan fingerprint density at radius 3 is 2.46 bits per heavy atom. The van der Waals surface area contributed by atoms with E-state index < -0.39 is 0 Å². The van der Waals surface area contributed by atoms with Crippen LogP contribution >= 0.6 is 11.8 Å². The quantitative estimate of drug-likeness (QED) is 0.496. The predicted octanol–water partition coefficient (Wildman–Crippen LogP) is 1.35. The zero-order valence-corrected chi connectivity index (χ0v) is 10.5. The average Bonchev–Trinajstić information content (AvgIpc) is 2.10. The lowest BCUT2D eigenvalue weighted by Gasteiger charge is -1.98. The monoisotopic (exact) mass is 216 g/mol. The van der Waals surface area contributed by atoms with Gasteiger partial charge in [-0.05, 0) is 17.9 Å². The van der Waals surface area contributed by atoms with Gasteiger partial charge in [0.2, 0.25) is 0 Å². The lowest BCUT2D eigenvalue weighted by molar-refractivity contribution is -0.118. The molecule has 0 amide bonds. The maximum Gasteiger partial charge on any atom is 0.189 e. The van der Waals surface area contributed by atoms with Gasteiger partial charge in [-0.1, -0.05) is 24.9 Å². The van der Waals surface area contributed by atoms with E-state index in [1.54, 1.807) is 6.92 Å². The fourth-order valence-corrected chi connectivity index (χ4v) is 2.69. The Kier molecular flexibility index (Phi) is 6.90. The number of ketones is 1. The number of rotatable bonds is 6. The highest BCUT2D eigenvalue weighted by atomic mass is 32.2. The summed E-state index contributed by atoms with van der Waals surface area (Å²) < 4.78 is 0. The summed E-state index contributed by atoms with van der Waals surface area (Å²) in [6.45, 7) is 7.38. The molecular formula is C9H16O2SSi. The van der Waals surface area contributed by atoms with Gasteiger partial charge in [0.05, 0.1) is 0 Å². The van der Waals surface area contributed by atoms with E-state index in [1.165, 1.54) is 11.8 Å². The second-order valence-corrected chi connectivity index (χ2v) is 6.30. The second kappa shape index (κ2) is 7.09. The number of hydrogen-bond acceptors (Lipinski definition) is 3. The molecule has 74 valence electrons.